The number of benzene rings is 2. The number of hydrogen-bond acceptors (Lipinski definition) is 3. The molecule has 1 heterocycles. The number of hydrogen-bond donors (Lipinski definition) is 0. The van der Waals surface area contributed by atoms with E-state index < -0.39 is 17.6 Å². The highest BCUT2D eigenvalue weighted by Gasteiger charge is 2.31. The van der Waals surface area contributed by atoms with E-state index in [1.165, 1.54) is 34.3 Å². The summed E-state index contributed by atoms with van der Waals surface area (Å²) in [4.78, 5) is 28.9. The number of halogens is 3. The van der Waals surface area contributed by atoms with Crippen molar-refractivity contribution in [3.63, 3.8) is 0 Å². The lowest BCUT2D eigenvalue weighted by Crippen LogP contribution is -2.42. The van der Waals surface area contributed by atoms with Gasteiger partial charge in [0.25, 0.3) is 5.91 Å². The number of carbonyl (C=O) groups excluding carboxylic acids is 2. The van der Waals surface area contributed by atoms with Gasteiger partial charge in [-0.15, -0.1) is 6.58 Å². The summed E-state index contributed by atoms with van der Waals surface area (Å²) in [5, 5.41) is 0. The fraction of sp³-hybridized carbons (Fsp3) is 0.200. The third-order valence-electron chi connectivity index (χ3n) is 4.90. The SMILES string of the molecule is C=CCN(CC(=O)N(Cc1ccccc1)Cc1ccco1)C(=O)c1cccc(C(F)(F)F)c1. The summed E-state index contributed by atoms with van der Waals surface area (Å²) in [6, 6.07) is 16.9. The van der Waals surface area contributed by atoms with Crippen LogP contribution in [-0.2, 0) is 24.1 Å². The maximum atomic E-state index is 13.2. The molecule has 0 N–H and O–H groups in total. The second-order valence-electron chi connectivity index (χ2n) is 7.37. The fourth-order valence-corrected chi connectivity index (χ4v) is 3.28. The Morgan fingerprint density at radius 3 is 2.33 bits per heavy atom. The van der Waals surface area contributed by atoms with Gasteiger partial charge in [0.05, 0.1) is 18.4 Å². The molecule has 172 valence electrons. The highest BCUT2D eigenvalue weighted by atomic mass is 19.4. The van der Waals surface area contributed by atoms with Gasteiger partial charge in [-0.05, 0) is 35.9 Å². The van der Waals surface area contributed by atoms with E-state index in [9.17, 15) is 22.8 Å². The Hall–Kier alpha value is -3.81. The van der Waals surface area contributed by atoms with Gasteiger partial charge in [0.15, 0.2) is 0 Å². The van der Waals surface area contributed by atoms with E-state index in [1.54, 1.807) is 12.1 Å². The van der Waals surface area contributed by atoms with Crippen LogP contribution in [0.1, 0.15) is 27.2 Å². The zero-order chi connectivity index (χ0) is 23.8. The predicted molar refractivity (Wildman–Crippen MR) is 117 cm³/mol. The molecule has 33 heavy (non-hydrogen) atoms. The Labute approximate surface area is 189 Å². The van der Waals surface area contributed by atoms with E-state index in [4.69, 9.17) is 4.42 Å². The quantitative estimate of drug-likeness (QED) is 0.418. The maximum absolute atomic E-state index is 13.2. The van der Waals surface area contributed by atoms with Gasteiger partial charge >= 0.3 is 6.18 Å². The molecule has 0 radical (unpaired) electrons. The number of amides is 2. The average Bonchev–Trinajstić information content (AvgIpc) is 3.31. The standard InChI is InChI=1S/C25H23F3N2O3/c1-2-13-29(24(32)20-10-6-11-21(15-20)25(26,27)28)18-23(31)30(17-22-12-7-14-33-22)16-19-8-4-3-5-9-19/h2-12,14-15H,1,13,16-18H2. The molecule has 2 aromatic carbocycles. The molecular formula is C25H23F3N2O3. The highest BCUT2D eigenvalue weighted by molar-refractivity contribution is 5.96. The minimum absolute atomic E-state index is 0.000742. The second-order valence-corrected chi connectivity index (χ2v) is 7.37. The summed E-state index contributed by atoms with van der Waals surface area (Å²) < 4.78 is 44.6. The van der Waals surface area contributed by atoms with Crippen molar-refractivity contribution in [2.75, 3.05) is 13.1 Å². The lowest BCUT2D eigenvalue weighted by molar-refractivity contribution is -0.137. The Kier molecular flexibility index (Phi) is 7.71. The van der Waals surface area contributed by atoms with Gasteiger partial charge in [0.1, 0.15) is 12.3 Å². The minimum Gasteiger partial charge on any atom is -0.467 e. The Morgan fingerprint density at radius 1 is 0.939 bits per heavy atom. The Balaban J connectivity index is 1.81. The molecule has 0 aliphatic rings. The van der Waals surface area contributed by atoms with Crippen LogP contribution in [0.3, 0.4) is 0 Å². The van der Waals surface area contributed by atoms with Crippen molar-refractivity contribution in [3.05, 3.63) is 108 Å². The average molecular weight is 456 g/mol. The van der Waals surface area contributed by atoms with Crippen molar-refractivity contribution >= 4 is 11.8 Å². The summed E-state index contributed by atoms with van der Waals surface area (Å²) in [5.41, 5.74) is -0.196. The van der Waals surface area contributed by atoms with Gasteiger partial charge in [-0.2, -0.15) is 13.2 Å². The lowest BCUT2D eigenvalue weighted by Gasteiger charge is -2.27. The summed E-state index contributed by atoms with van der Waals surface area (Å²) in [5.74, 6) is -0.497. The van der Waals surface area contributed by atoms with Crippen LogP contribution < -0.4 is 0 Å². The van der Waals surface area contributed by atoms with Crippen LogP contribution in [-0.4, -0.2) is 34.7 Å². The molecule has 0 aliphatic carbocycles. The molecule has 0 saturated heterocycles. The molecule has 2 amide bonds. The molecule has 8 heteroatoms. The van der Waals surface area contributed by atoms with E-state index in [-0.39, 0.29) is 37.6 Å². The first-order valence-electron chi connectivity index (χ1n) is 10.2. The van der Waals surface area contributed by atoms with E-state index in [0.717, 1.165) is 17.7 Å². The highest BCUT2D eigenvalue weighted by Crippen LogP contribution is 2.29. The van der Waals surface area contributed by atoms with Crippen molar-refractivity contribution < 1.29 is 27.2 Å². The molecule has 1 aromatic heterocycles. The van der Waals surface area contributed by atoms with Crippen molar-refractivity contribution in [1.82, 2.24) is 9.80 Å². The smallest absolute Gasteiger partial charge is 0.416 e. The van der Waals surface area contributed by atoms with Gasteiger partial charge in [-0.25, -0.2) is 0 Å². The molecule has 5 nitrogen and oxygen atoms in total. The zero-order valence-electron chi connectivity index (χ0n) is 17.8. The molecule has 0 spiro atoms. The number of alkyl halides is 3. The van der Waals surface area contributed by atoms with E-state index >= 15 is 0 Å². The first kappa shape index (κ1) is 23.8. The van der Waals surface area contributed by atoms with Crippen molar-refractivity contribution in [2.24, 2.45) is 0 Å². The normalized spacial score (nSPS) is 11.1. The predicted octanol–water partition coefficient (Wildman–Crippen LogP) is 5.16. The first-order valence-corrected chi connectivity index (χ1v) is 10.2. The topological polar surface area (TPSA) is 53.8 Å². The molecule has 0 bridgehead atoms. The number of nitrogens with zero attached hydrogens (tertiary/aromatic N) is 2. The largest absolute Gasteiger partial charge is 0.467 e. The summed E-state index contributed by atoms with van der Waals surface area (Å²) in [6.45, 7) is 3.74. The molecule has 3 aromatic rings. The van der Waals surface area contributed by atoms with Crippen molar-refractivity contribution in [3.8, 4) is 0 Å². The van der Waals surface area contributed by atoms with Crippen molar-refractivity contribution in [2.45, 2.75) is 19.3 Å². The Bertz CT molecular complexity index is 1080. The first-order chi connectivity index (χ1) is 15.8. The third kappa shape index (κ3) is 6.58. The molecule has 0 unspecified atom stereocenters. The van der Waals surface area contributed by atoms with Crippen LogP contribution in [0.15, 0.2) is 90.1 Å². The fourth-order valence-electron chi connectivity index (χ4n) is 3.28. The van der Waals surface area contributed by atoms with Crippen LogP contribution in [0, 0.1) is 0 Å². The van der Waals surface area contributed by atoms with Crippen molar-refractivity contribution in [1.29, 1.82) is 0 Å². The molecule has 0 saturated carbocycles. The minimum atomic E-state index is -4.58. The van der Waals surface area contributed by atoms with E-state index in [1.807, 2.05) is 30.3 Å². The van der Waals surface area contributed by atoms with E-state index in [2.05, 4.69) is 6.58 Å². The third-order valence-corrected chi connectivity index (χ3v) is 4.90. The Morgan fingerprint density at radius 2 is 1.70 bits per heavy atom. The van der Waals surface area contributed by atoms with Crippen LogP contribution in [0.25, 0.3) is 0 Å². The zero-order valence-corrected chi connectivity index (χ0v) is 17.8. The van der Waals surface area contributed by atoms with Crippen LogP contribution in [0.5, 0.6) is 0 Å². The van der Waals surface area contributed by atoms with Crippen LogP contribution in [0.4, 0.5) is 13.2 Å². The van der Waals surface area contributed by atoms with E-state index in [0.29, 0.717) is 5.76 Å². The molecule has 0 fully saturated rings. The summed E-state index contributed by atoms with van der Waals surface area (Å²) >= 11 is 0. The van der Waals surface area contributed by atoms with Gasteiger partial charge in [0, 0.05) is 18.7 Å². The molecule has 0 aliphatic heterocycles. The van der Waals surface area contributed by atoms with Gasteiger partial charge < -0.3 is 14.2 Å². The monoisotopic (exact) mass is 456 g/mol. The number of furan rings is 1. The molecular weight excluding hydrogens is 433 g/mol. The number of carbonyl (C=O) groups is 2. The molecule has 3 rings (SSSR count). The second kappa shape index (κ2) is 10.7. The van der Waals surface area contributed by atoms with Gasteiger partial charge in [-0.1, -0.05) is 42.5 Å². The summed E-state index contributed by atoms with van der Waals surface area (Å²) in [6.07, 6.45) is -1.65. The van der Waals surface area contributed by atoms with Crippen LogP contribution in [0.2, 0.25) is 0 Å². The van der Waals surface area contributed by atoms with Crippen LogP contribution >= 0.6 is 0 Å². The lowest BCUT2D eigenvalue weighted by atomic mass is 10.1. The maximum Gasteiger partial charge on any atom is 0.416 e. The summed E-state index contributed by atoms with van der Waals surface area (Å²) in [7, 11) is 0. The molecule has 0 atom stereocenters. The number of rotatable bonds is 9. The van der Waals surface area contributed by atoms with Gasteiger partial charge in [0.2, 0.25) is 5.91 Å². The van der Waals surface area contributed by atoms with Gasteiger partial charge in [-0.3, -0.25) is 9.59 Å².